The van der Waals surface area contributed by atoms with Gasteiger partial charge in [-0.1, -0.05) is 48.9 Å². The van der Waals surface area contributed by atoms with Crippen LogP contribution in [0.5, 0.6) is 0 Å². The third-order valence-corrected chi connectivity index (χ3v) is 4.11. The quantitative estimate of drug-likeness (QED) is 0.511. The van der Waals surface area contributed by atoms with Crippen LogP contribution < -0.4 is 5.73 Å². The lowest BCUT2D eigenvalue weighted by atomic mass is 9.92. The van der Waals surface area contributed by atoms with Gasteiger partial charge in [0.25, 0.3) is 0 Å². The second-order valence-electron chi connectivity index (χ2n) is 6.18. The molecule has 2 rings (SSSR count). The van der Waals surface area contributed by atoms with E-state index < -0.39 is 5.67 Å². The van der Waals surface area contributed by atoms with Crippen LogP contribution in [0.25, 0.3) is 0 Å². The zero-order chi connectivity index (χ0) is 18.9. The summed E-state index contributed by atoms with van der Waals surface area (Å²) in [5, 5.41) is 5.50. The molecule has 0 amide bonds. The first-order valence-electron chi connectivity index (χ1n) is 8.12. The fraction of sp³-hybridized carbons (Fsp3) is 0.381. The van der Waals surface area contributed by atoms with Crippen molar-refractivity contribution >= 4 is 12.4 Å². The molecule has 0 aliphatic rings. The molecule has 0 fully saturated rings. The summed E-state index contributed by atoms with van der Waals surface area (Å²) in [5.74, 6) is 0. The lowest BCUT2D eigenvalue weighted by Gasteiger charge is -2.20. The molecule has 2 aromatic carbocycles. The summed E-state index contributed by atoms with van der Waals surface area (Å²) in [4.78, 5) is 0. The van der Waals surface area contributed by atoms with Gasteiger partial charge in [0.05, 0.1) is 0 Å². The molecule has 0 spiro atoms. The highest BCUT2D eigenvalue weighted by molar-refractivity contribution is 5.54. The zero-order valence-electron chi connectivity index (χ0n) is 15.8. The number of alkyl halides is 1. The van der Waals surface area contributed by atoms with Gasteiger partial charge < -0.3 is 11.1 Å². The fourth-order valence-corrected chi connectivity index (χ4v) is 2.54. The second-order valence-corrected chi connectivity index (χ2v) is 6.18. The molecule has 3 N–H and O–H groups in total. The fourth-order valence-electron chi connectivity index (χ4n) is 2.54. The molecule has 0 radical (unpaired) electrons. The summed E-state index contributed by atoms with van der Waals surface area (Å²) in [5.41, 5.74) is 11.0. The molecule has 1 unspecified atom stereocenters. The van der Waals surface area contributed by atoms with Crippen LogP contribution in [-0.2, 0) is 5.67 Å². The summed E-state index contributed by atoms with van der Waals surface area (Å²) in [6, 6.07) is 11.8. The molecule has 0 saturated heterocycles. The van der Waals surface area contributed by atoms with E-state index in [1.807, 2.05) is 52.0 Å². The molecule has 0 saturated carbocycles. The maximum atomic E-state index is 13.8. The lowest BCUT2D eigenvalue weighted by Crippen LogP contribution is -2.14. The van der Waals surface area contributed by atoms with Crippen molar-refractivity contribution in [2.75, 3.05) is 5.73 Å². The van der Waals surface area contributed by atoms with E-state index in [9.17, 15) is 4.39 Å². The van der Waals surface area contributed by atoms with Gasteiger partial charge in [-0.15, -0.1) is 0 Å². The van der Waals surface area contributed by atoms with Crippen LogP contribution in [0.1, 0.15) is 48.1 Å². The number of aryl methyl sites for hydroxylation is 4. The number of nitrogens with two attached hydrogens (primary N) is 1. The average Bonchev–Trinajstić information content (AvgIpc) is 2.55. The molecule has 132 valence electrons. The zero-order valence-corrected chi connectivity index (χ0v) is 15.8. The normalized spacial score (nSPS) is 12.1. The van der Waals surface area contributed by atoms with Crippen molar-refractivity contribution in [2.24, 2.45) is 0 Å². The number of anilines is 1. The van der Waals surface area contributed by atoms with E-state index in [1.54, 1.807) is 6.92 Å². The molecule has 0 aliphatic carbocycles. The van der Waals surface area contributed by atoms with Crippen molar-refractivity contribution in [1.29, 1.82) is 5.41 Å². The molecule has 0 aromatic heterocycles. The van der Waals surface area contributed by atoms with Gasteiger partial charge in [0.15, 0.2) is 0 Å². The maximum absolute atomic E-state index is 13.8. The van der Waals surface area contributed by atoms with Crippen LogP contribution in [0.4, 0.5) is 10.1 Å². The number of nitrogens with one attached hydrogen (secondary N) is 1. The first-order chi connectivity index (χ1) is 11.2. The average molecular weight is 330 g/mol. The van der Waals surface area contributed by atoms with Crippen LogP contribution in [0.2, 0.25) is 0 Å². The van der Waals surface area contributed by atoms with E-state index in [0.29, 0.717) is 6.42 Å². The van der Waals surface area contributed by atoms with Crippen molar-refractivity contribution in [2.45, 2.75) is 53.6 Å². The molecule has 24 heavy (non-hydrogen) atoms. The van der Waals surface area contributed by atoms with Gasteiger partial charge in [-0.05, 0) is 70.0 Å². The molecular formula is C21H31FN2. The smallest absolute Gasteiger partial charge is 0.133 e. The topological polar surface area (TPSA) is 49.9 Å². The predicted octanol–water partition coefficient (Wildman–Crippen LogP) is 6.05. The Hall–Kier alpha value is -2.16. The number of halogens is 1. The third kappa shape index (κ3) is 6.15. The van der Waals surface area contributed by atoms with Crippen molar-refractivity contribution in [1.82, 2.24) is 0 Å². The minimum atomic E-state index is -1.18. The Morgan fingerprint density at radius 3 is 1.88 bits per heavy atom. The largest absolute Gasteiger partial charge is 0.398 e. The molecular weight excluding hydrogens is 299 g/mol. The summed E-state index contributed by atoms with van der Waals surface area (Å²) in [7, 11) is 0. The predicted molar refractivity (Wildman–Crippen MR) is 105 cm³/mol. The Morgan fingerprint density at radius 2 is 1.46 bits per heavy atom. The Morgan fingerprint density at radius 1 is 1.00 bits per heavy atom. The van der Waals surface area contributed by atoms with E-state index in [4.69, 9.17) is 11.1 Å². The van der Waals surface area contributed by atoms with Crippen molar-refractivity contribution in [3.05, 3.63) is 64.2 Å². The Balaban J connectivity index is 0.000000405. The number of hydrogen-bond acceptors (Lipinski definition) is 2. The lowest BCUT2D eigenvalue weighted by molar-refractivity contribution is 0.184. The Labute approximate surface area is 146 Å². The third-order valence-electron chi connectivity index (χ3n) is 4.11. The van der Waals surface area contributed by atoms with E-state index in [-0.39, 0.29) is 0 Å². The number of hydrogen-bond donors (Lipinski definition) is 2. The van der Waals surface area contributed by atoms with Crippen LogP contribution in [-0.4, -0.2) is 6.72 Å². The minimum Gasteiger partial charge on any atom is -0.398 e. The molecule has 3 heteroatoms. The number of benzene rings is 2. The molecule has 1 atom stereocenters. The summed E-state index contributed by atoms with van der Waals surface area (Å²) < 4.78 is 13.8. The van der Waals surface area contributed by atoms with Crippen LogP contribution in [0, 0.1) is 33.1 Å². The van der Waals surface area contributed by atoms with Gasteiger partial charge in [-0.2, -0.15) is 0 Å². The van der Waals surface area contributed by atoms with Crippen LogP contribution >= 0.6 is 0 Å². The molecule has 0 aliphatic heterocycles. The highest BCUT2D eigenvalue weighted by Gasteiger charge is 2.24. The standard InChI is InChI=1S/C11H15F.C9H13N.CH3N/c1-4-11(3,12)10-8-6-5-7-9(10)2;1-6-4-7(2)9(10)8(3)5-6;1-2/h5-8H,4H2,1-3H3;4-5H,10H2,1-3H3;2H,1H2. The van der Waals surface area contributed by atoms with Crippen molar-refractivity contribution in [3.63, 3.8) is 0 Å². The van der Waals surface area contributed by atoms with Gasteiger partial charge in [0.2, 0.25) is 0 Å². The highest BCUT2D eigenvalue weighted by atomic mass is 19.1. The van der Waals surface area contributed by atoms with E-state index in [0.717, 1.165) is 16.8 Å². The number of rotatable bonds is 2. The molecule has 2 aromatic rings. The summed E-state index contributed by atoms with van der Waals surface area (Å²) >= 11 is 0. The number of nitrogen functional groups attached to an aromatic ring is 1. The highest BCUT2D eigenvalue weighted by Crippen LogP contribution is 2.30. The van der Waals surface area contributed by atoms with Crippen LogP contribution in [0.3, 0.4) is 0 Å². The first kappa shape index (κ1) is 21.8. The van der Waals surface area contributed by atoms with E-state index >= 15 is 0 Å². The van der Waals surface area contributed by atoms with E-state index in [1.165, 1.54) is 16.7 Å². The maximum Gasteiger partial charge on any atom is 0.133 e. The van der Waals surface area contributed by atoms with E-state index in [2.05, 4.69) is 25.8 Å². The minimum absolute atomic E-state index is 0.526. The van der Waals surface area contributed by atoms with Gasteiger partial charge in [-0.25, -0.2) is 4.39 Å². The first-order valence-corrected chi connectivity index (χ1v) is 8.12. The molecule has 0 bridgehead atoms. The SMILES string of the molecule is C=N.CCC(C)(F)c1ccccc1C.Cc1cc(C)c(N)c(C)c1. The van der Waals surface area contributed by atoms with Gasteiger partial charge >= 0.3 is 0 Å². The van der Waals surface area contributed by atoms with Gasteiger partial charge in [0.1, 0.15) is 5.67 Å². The monoisotopic (exact) mass is 330 g/mol. The molecule has 0 heterocycles. The van der Waals surface area contributed by atoms with Gasteiger partial charge in [-0.3, -0.25) is 0 Å². The summed E-state index contributed by atoms with van der Waals surface area (Å²) in [6.45, 7) is 14.1. The van der Waals surface area contributed by atoms with Crippen LogP contribution in [0.15, 0.2) is 36.4 Å². The van der Waals surface area contributed by atoms with Crippen molar-refractivity contribution in [3.8, 4) is 0 Å². The summed E-state index contributed by atoms with van der Waals surface area (Å²) in [6.07, 6.45) is 0.526. The Kier molecular flexibility index (Phi) is 8.97. The molecule has 2 nitrogen and oxygen atoms in total. The van der Waals surface area contributed by atoms with Crippen molar-refractivity contribution < 1.29 is 4.39 Å². The Bertz CT molecular complexity index is 625. The van der Waals surface area contributed by atoms with Gasteiger partial charge in [0, 0.05) is 5.69 Å². The second kappa shape index (κ2) is 9.86.